The summed E-state index contributed by atoms with van der Waals surface area (Å²) in [6.45, 7) is 2.72. The molecule has 0 aliphatic rings. The zero-order valence-electron chi connectivity index (χ0n) is 26.9. The Morgan fingerprint density at radius 2 is 1.80 bits per heavy atom. The number of H-pyrrole nitrogens is 1. The number of thioether (sulfide) groups is 1. The van der Waals surface area contributed by atoms with Gasteiger partial charge in [0.05, 0.1) is 24.8 Å². The Balaban J connectivity index is 1.17. The molecule has 1 unspecified atom stereocenters. The van der Waals surface area contributed by atoms with Crippen molar-refractivity contribution in [2.45, 2.75) is 24.5 Å². The van der Waals surface area contributed by atoms with E-state index in [4.69, 9.17) is 21.3 Å². The summed E-state index contributed by atoms with van der Waals surface area (Å²) in [6, 6.07) is 33.5. The van der Waals surface area contributed by atoms with Crippen molar-refractivity contribution in [3.63, 3.8) is 0 Å². The van der Waals surface area contributed by atoms with E-state index in [9.17, 15) is 9.59 Å². The van der Waals surface area contributed by atoms with Crippen LogP contribution in [0.15, 0.2) is 119 Å². The number of thiophene rings is 1. The van der Waals surface area contributed by atoms with Gasteiger partial charge >= 0.3 is 0 Å². The molecule has 10 heteroatoms. The molecule has 1 atom stereocenters. The van der Waals surface area contributed by atoms with Gasteiger partial charge in [-0.2, -0.15) is 0 Å². The van der Waals surface area contributed by atoms with E-state index in [1.54, 1.807) is 11.7 Å². The number of nitrogens with one attached hydrogen (secondary N) is 2. The molecule has 7 rings (SSSR count). The van der Waals surface area contributed by atoms with E-state index in [2.05, 4.69) is 16.4 Å². The third kappa shape index (κ3) is 6.87. The largest absolute Gasteiger partial charge is 0.497 e. The number of carbonyl (C=O) groups excluding carboxylic acids is 1. The van der Waals surface area contributed by atoms with Crippen LogP contribution in [-0.2, 0) is 11.3 Å². The summed E-state index contributed by atoms with van der Waals surface area (Å²) in [7, 11) is 1.65. The van der Waals surface area contributed by atoms with Crippen molar-refractivity contribution in [1.29, 1.82) is 0 Å². The Morgan fingerprint density at radius 3 is 2.57 bits per heavy atom. The maximum atomic E-state index is 14.3. The minimum Gasteiger partial charge on any atom is -0.497 e. The molecule has 4 aromatic carbocycles. The van der Waals surface area contributed by atoms with Crippen LogP contribution in [0.4, 0.5) is 0 Å². The standard InChI is InChI=1S/C39H33ClN4O3S2/c1-24-35(27-11-8-12-28(40)19-27)36-37(49-24)43-39(44(38(36)46)22-25-9-4-3-5-10-25)48-23-34(45)42-20-31(26-15-17-29(47-2)18-16-26)32-21-41-33-14-7-6-13-30(32)33/h3-19,21,31,41H,20,22-23H2,1-2H3,(H,42,45). The number of benzene rings is 4. The van der Waals surface area contributed by atoms with Gasteiger partial charge in [0, 0.05) is 45.0 Å². The van der Waals surface area contributed by atoms with Gasteiger partial charge in [0.2, 0.25) is 5.91 Å². The van der Waals surface area contributed by atoms with Crippen LogP contribution in [0, 0.1) is 6.92 Å². The molecule has 7 nitrogen and oxygen atoms in total. The quantitative estimate of drug-likeness (QED) is 0.104. The second-order valence-electron chi connectivity index (χ2n) is 11.7. The molecule has 0 spiro atoms. The van der Waals surface area contributed by atoms with E-state index in [-0.39, 0.29) is 23.1 Å². The molecular formula is C39H33ClN4O3S2. The molecule has 49 heavy (non-hydrogen) atoms. The van der Waals surface area contributed by atoms with Gasteiger partial charge in [0.25, 0.3) is 5.56 Å². The van der Waals surface area contributed by atoms with Crippen LogP contribution in [0.1, 0.15) is 27.5 Å². The fraction of sp³-hybridized carbons (Fsp3) is 0.154. The van der Waals surface area contributed by atoms with Gasteiger partial charge in [0.15, 0.2) is 5.16 Å². The summed E-state index contributed by atoms with van der Waals surface area (Å²) in [5.41, 5.74) is 5.75. The molecular weight excluding hydrogens is 672 g/mol. The van der Waals surface area contributed by atoms with Crippen molar-refractivity contribution >= 4 is 61.7 Å². The van der Waals surface area contributed by atoms with Crippen LogP contribution in [-0.4, -0.2) is 39.8 Å². The Bertz CT molecular complexity index is 2330. The number of para-hydroxylation sites is 1. The number of fused-ring (bicyclic) bond motifs is 2. The number of halogens is 1. The number of ether oxygens (including phenoxy) is 1. The molecule has 2 N–H and O–H groups in total. The Hall–Kier alpha value is -4.83. The lowest BCUT2D eigenvalue weighted by molar-refractivity contribution is -0.118. The predicted octanol–water partition coefficient (Wildman–Crippen LogP) is 8.67. The molecule has 0 saturated carbocycles. The summed E-state index contributed by atoms with van der Waals surface area (Å²) >= 11 is 9.09. The van der Waals surface area contributed by atoms with Crippen LogP contribution in [0.3, 0.4) is 0 Å². The smallest absolute Gasteiger partial charge is 0.263 e. The number of hydrogen-bond donors (Lipinski definition) is 2. The highest BCUT2D eigenvalue weighted by Gasteiger charge is 2.23. The van der Waals surface area contributed by atoms with Gasteiger partial charge in [-0.3, -0.25) is 14.2 Å². The third-order valence-electron chi connectivity index (χ3n) is 8.60. The molecule has 0 radical (unpaired) electrons. The van der Waals surface area contributed by atoms with Gasteiger partial charge in [-0.15, -0.1) is 11.3 Å². The molecule has 246 valence electrons. The average molecular weight is 705 g/mol. The van der Waals surface area contributed by atoms with Crippen LogP contribution in [0.25, 0.3) is 32.2 Å². The highest BCUT2D eigenvalue weighted by atomic mass is 35.5. The molecule has 1 amide bonds. The fourth-order valence-electron chi connectivity index (χ4n) is 6.21. The van der Waals surface area contributed by atoms with Crippen LogP contribution < -0.4 is 15.6 Å². The van der Waals surface area contributed by atoms with Crippen molar-refractivity contribution < 1.29 is 9.53 Å². The minimum absolute atomic E-state index is 0.0965. The molecule has 3 aromatic heterocycles. The first kappa shape index (κ1) is 32.7. The van der Waals surface area contributed by atoms with Gasteiger partial charge in [-0.25, -0.2) is 4.98 Å². The number of aromatic amines is 1. The average Bonchev–Trinajstić information content (AvgIpc) is 3.70. The van der Waals surface area contributed by atoms with Crippen molar-refractivity contribution in [3.8, 4) is 16.9 Å². The summed E-state index contributed by atoms with van der Waals surface area (Å²) < 4.78 is 7.07. The van der Waals surface area contributed by atoms with Gasteiger partial charge in [-0.05, 0) is 59.5 Å². The SMILES string of the molecule is COc1ccc(C(CNC(=O)CSc2nc3sc(C)c(-c4cccc(Cl)c4)c3c(=O)n2Cc2ccccc2)c2c[nH]c3ccccc23)cc1. The van der Waals surface area contributed by atoms with E-state index in [1.165, 1.54) is 23.1 Å². The fourth-order valence-corrected chi connectivity index (χ4v) is 8.31. The number of aryl methyl sites for hydroxylation is 1. The first-order valence-corrected chi connectivity index (χ1v) is 18.0. The van der Waals surface area contributed by atoms with E-state index >= 15 is 0 Å². The summed E-state index contributed by atoms with van der Waals surface area (Å²) in [6.07, 6.45) is 2.02. The molecule has 0 fully saturated rings. The Kier molecular flexibility index (Phi) is 9.57. The highest BCUT2D eigenvalue weighted by molar-refractivity contribution is 7.99. The number of nitrogens with zero attached hydrogens (tertiary/aromatic N) is 2. The summed E-state index contributed by atoms with van der Waals surface area (Å²) in [5, 5.41) is 5.94. The normalized spacial score (nSPS) is 12.0. The van der Waals surface area contributed by atoms with E-state index < -0.39 is 0 Å². The number of rotatable bonds is 11. The Morgan fingerprint density at radius 1 is 1.02 bits per heavy atom. The molecule has 0 aliphatic carbocycles. The van der Waals surface area contributed by atoms with E-state index in [0.29, 0.717) is 33.5 Å². The van der Waals surface area contributed by atoms with Gasteiger partial charge in [-0.1, -0.05) is 96.2 Å². The molecule has 0 saturated heterocycles. The van der Waals surface area contributed by atoms with E-state index in [1.807, 2.05) is 110 Å². The lowest BCUT2D eigenvalue weighted by Crippen LogP contribution is -2.31. The second-order valence-corrected chi connectivity index (χ2v) is 14.3. The molecule has 3 heterocycles. The topological polar surface area (TPSA) is 89.0 Å². The number of hydrogen-bond acceptors (Lipinski definition) is 6. The first-order valence-electron chi connectivity index (χ1n) is 15.8. The number of methoxy groups -OCH3 is 1. The van der Waals surface area contributed by atoms with Crippen molar-refractivity contribution in [2.75, 3.05) is 19.4 Å². The van der Waals surface area contributed by atoms with Crippen molar-refractivity contribution in [3.05, 3.63) is 146 Å². The predicted molar refractivity (Wildman–Crippen MR) is 201 cm³/mol. The Labute approximate surface area is 296 Å². The number of aromatic nitrogens is 3. The van der Waals surface area contributed by atoms with Crippen LogP contribution in [0.2, 0.25) is 5.02 Å². The maximum absolute atomic E-state index is 14.3. The minimum atomic E-state index is -0.147. The van der Waals surface area contributed by atoms with Gasteiger partial charge in [0.1, 0.15) is 10.6 Å². The van der Waals surface area contributed by atoms with Crippen LogP contribution >= 0.6 is 34.7 Å². The summed E-state index contributed by atoms with van der Waals surface area (Å²) in [4.78, 5) is 37.8. The zero-order valence-corrected chi connectivity index (χ0v) is 29.3. The second kappa shape index (κ2) is 14.3. The van der Waals surface area contributed by atoms with Gasteiger partial charge < -0.3 is 15.0 Å². The zero-order chi connectivity index (χ0) is 33.9. The first-order chi connectivity index (χ1) is 23.9. The van der Waals surface area contributed by atoms with E-state index in [0.717, 1.165) is 49.3 Å². The number of amides is 1. The number of carbonyl (C=O) groups is 1. The lowest BCUT2D eigenvalue weighted by Gasteiger charge is -2.19. The van der Waals surface area contributed by atoms with Crippen molar-refractivity contribution in [2.24, 2.45) is 0 Å². The summed E-state index contributed by atoms with van der Waals surface area (Å²) in [5.74, 6) is 0.627. The molecule has 7 aromatic rings. The van der Waals surface area contributed by atoms with Crippen LogP contribution in [0.5, 0.6) is 5.75 Å². The lowest BCUT2D eigenvalue weighted by atomic mass is 9.91. The maximum Gasteiger partial charge on any atom is 0.263 e. The third-order valence-corrected chi connectivity index (χ3v) is 10.8. The molecule has 0 aliphatic heterocycles. The van der Waals surface area contributed by atoms with Crippen molar-refractivity contribution in [1.82, 2.24) is 19.9 Å². The highest BCUT2D eigenvalue weighted by Crippen LogP contribution is 2.38. The monoisotopic (exact) mass is 704 g/mol. The molecule has 0 bridgehead atoms.